The molecule has 5 aromatic carbocycles. The molecule has 0 saturated heterocycles. The summed E-state index contributed by atoms with van der Waals surface area (Å²) in [4.78, 5) is 24.6. The van der Waals surface area contributed by atoms with Crippen molar-refractivity contribution in [2.75, 3.05) is 86.5 Å². The SMILES string of the molecule is CC(C#N)(CCCCS(=O)(=O)O)CC1CCCCC1.O=S(=O)(O)CCCN[C@@H](CO)Cc1c[nH]c2ccccc12.O=S(=O)(O)CCCN[C@H](CO)Cc1c[nH]c2ccccc12.[C-]#[N+]C(C)(C)CCCCS(=O)(=O)O.[C-]#[N+]C(C)(CCCCS(=O)(=O)O)Cc1ccc(OC)c(OC)c1.[C-]#[N+]C(C)(CCCCS(=O)(=O)O)Cc1ccccc1.[C-]#[N+]C(C)(CCCCS(=O)(=O)O)c1ccccc1.[C-]#[N+]C1(CCCCS(=O)(=O)O)CCCCC1. The molecule has 2 aliphatic rings. The molecule has 0 amide bonds. The Bertz CT molecular complexity index is 6290. The maximum atomic E-state index is 10.7. The van der Waals surface area contributed by atoms with Gasteiger partial charge in [-0.25, -0.2) is 32.9 Å². The van der Waals surface area contributed by atoms with Crippen LogP contribution in [0.25, 0.3) is 46.0 Å². The normalized spacial score (nSPS) is 15.4. The number of aromatic amines is 2. The Labute approximate surface area is 891 Å². The Hall–Kier alpha value is -9.16. The van der Waals surface area contributed by atoms with Crippen LogP contribution < -0.4 is 20.1 Å². The summed E-state index contributed by atoms with van der Waals surface area (Å²) in [6.45, 7) is 48.1. The molecule has 2 fully saturated rings. The smallest absolute Gasteiger partial charge is 0.264 e. The van der Waals surface area contributed by atoms with Gasteiger partial charge in [0.25, 0.3) is 86.5 Å². The number of aliphatic hydroxyl groups excluding tert-OH is 2. The Balaban J connectivity index is 0.000000582. The summed E-state index contributed by atoms with van der Waals surface area (Å²) in [7, 11) is -27.9. The van der Waals surface area contributed by atoms with Crippen LogP contribution in [-0.2, 0) is 112 Å². The van der Waals surface area contributed by atoms with E-state index in [-0.39, 0.29) is 82.3 Å². The quantitative estimate of drug-likeness (QED) is 0.00956. The van der Waals surface area contributed by atoms with Crippen molar-refractivity contribution in [2.24, 2.45) is 11.3 Å². The zero-order valence-electron chi connectivity index (χ0n) is 87.5. The number of benzene rings is 5. The molecule has 0 spiro atoms. The lowest BCUT2D eigenvalue weighted by molar-refractivity contribution is 0.239. The number of hydrogen-bond acceptors (Lipinski definition) is 23. The van der Waals surface area contributed by atoms with Crippen molar-refractivity contribution in [1.82, 2.24) is 20.6 Å². The number of para-hydroxylation sites is 2. The lowest BCUT2D eigenvalue weighted by Crippen LogP contribution is -2.35. The summed E-state index contributed by atoms with van der Waals surface area (Å²) in [5.74, 6) is 0.0358. The Morgan fingerprint density at radius 2 is 0.773 bits per heavy atom. The van der Waals surface area contributed by atoms with E-state index < -0.39 is 103 Å². The van der Waals surface area contributed by atoms with E-state index in [4.69, 9.17) is 78.8 Å². The van der Waals surface area contributed by atoms with Crippen LogP contribution in [0.2, 0.25) is 0 Å². The molecule has 2 aromatic heterocycles. The monoisotopic (exact) mass is 2250 g/mol. The third-order valence-corrected chi connectivity index (χ3v) is 32.1. The molecule has 0 bridgehead atoms. The minimum atomic E-state index is -3.93. The summed E-state index contributed by atoms with van der Waals surface area (Å²) >= 11 is 0. The Morgan fingerprint density at radius 1 is 0.413 bits per heavy atom. The van der Waals surface area contributed by atoms with Gasteiger partial charge >= 0.3 is 0 Å². The number of methoxy groups -OCH3 is 2. The molecule has 9 rings (SSSR count). The van der Waals surface area contributed by atoms with Gasteiger partial charge in [-0.1, -0.05) is 148 Å². The molecule has 0 aliphatic heterocycles. The first kappa shape index (κ1) is 137. The van der Waals surface area contributed by atoms with Gasteiger partial charge < -0.3 is 64.5 Å². The van der Waals surface area contributed by atoms with Gasteiger partial charge in [0, 0.05) is 131 Å². The highest BCUT2D eigenvalue weighted by molar-refractivity contribution is 7.87. The summed E-state index contributed by atoms with van der Waals surface area (Å²) < 4.78 is 249. The molecule has 2 saturated carbocycles. The van der Waals surface area contributed by atoms with Crippen molar-refractivity contribution in [3.8, 4) is 17.6 Å². The standard InChI is InChI=1S/C16H23NO5S.2C14H20N2O4S.C14H19NO3S.C14H25NO3S.C13H17NO3S.C11H19NO3S.C8H15NO3S/c1-16(17-2,9-5-6-10-23(18,19)20)12-13-7-8-14(21-3)15(11-13)22-4;2*17-10-12(15-6-3-7-21(18,19)20)8-11-9-16-14-5-2-1-4-13(11)14;1-14(15-2,10-6-7-11-19(16,17)18)12-13-8-4-3-5-9-13;1-14(12-15,9-5-6-10-19(16,17)18)11-13-7-3-2-4-8-13;1-13(14-2,12-8-4-3-5-9-12)10-6-7-11-18(15,16)17;1-12-11(7-3-2-4-8-11)9-5-6-10-16(13,14)15;1-8(2,9-3)6-4-5-7-13(10,11)12/h7-8,11H,5-6,9-10,12H2,1,3-4H3,(H,18,19,20);2*1-2,4-5,9,12,15-17H,3,6-8,10H2,(H,18,19,20);3-5,8-9H,6-7,10-12H2,1H3,(H,16,17,18);13H,2-11H2,1H3,(H,16,17,18);3-5,8-9H,6-7,10-11H2,1H3,(H,15,16,17);2-10H2,(H,13,14,15);4-7H2,1-2H3,(H,10,11,12)/t;2*12-;;;;;/m.10...../s1. The van der Waals surface area contributed by atoms with E-state index in [2.05, 4.69) is 50.9 Å². The van der Waals surface area contributed by atoms with Crippen LogP contribution in [0.1, 0.15) is 268 Å². The van der Waals surface area contributed by atoms with E-state index in [0.717, 1.165) is 94.6 Å². The molecule has 2 aliphatic carbocycles. The maximum absolute atomic E-state index is 10.7. The second-order valence-corrected chi connectivity index (χ2v) is 52.3. The predicted molar refractivity (Wildman–Crippen MR) is 587 cm³/mol. The van der Waals surface area contributed by atoms with E-state index in [1.54, 1.807) is 20.3 Å². The third kappa shape index (κ3) is 64.1. The van der Waals surface area contributed by atoms with E-state index in [0.29, 0.717) is 172 Å². The van der Waals surface area contributed by atoms with Crippen molar-refractivity contribution in [3.63, 3.8) is 0 Å². The molecule has 6 atom stereocenters. The van der Waals surface area contributed by atoms with E-state index in [1.807, 2.05) is 175 Å². The predicted octanol–water partition coefficient (Wildman–Crippen LogP) is 18.7. The van der Waals surface area contributed by atoms with Gasteiger partial charge in [-0.15, -0.1) is 0 Å². The van der Waals surface area contributed by atoms with Crippen molar-refractivity contribution in [1.29, 1.82) is 5.26 Å². The Morgan fingerprint density at radius 3 is 1.15 bits per heavy atom. The minimum absolute atomic E-state index is 0.0363. The summed E-state index contributed by atoms with van der Waals surface area (Å²) in [6, 6.07) is 42.8. The molecule has 7 aromatic rings. The first-order valence-electron chi connectivity index (χ1n) is 50.1. The topological polar surface area (TPSA) is 595 Å². The van der Waals surface area contributed by atoms with Crippen LogP contribution in [0.4, 0.5) is 0 Å². The zero-order chi connectivity index (χ0) is 113. The third-order valence-electron chi connectivity index (χ3n) is 25.6. The highest BCUT2D eigenvalue weighted by atomic mass is 32.2. The highest BCUT2D eigenvalue weighted by Crippen LogP contribution is 2.40. The molecular formula is C104H158N10O28S8. The lowest BCUT2D eigenvalue weighted by Gasteiger charge is -2.29. The lowest BCUT2D eigenvalue weighted by atomic mass is 9.74. The fourth-order valence-electron chi connectivity index (χ4n) is 17.2. The number of ether oxygens (including phenoxy) is 2. The molecule has 14 N–H and O–H groups in total. The van der Waals surface area contributed by atoms with Crippen molar-refractivity contribution in [3.05, 3.63) is 225 Å². The zero-order valence-corrected chi connectivity index (χ0v) is 94.0. The second kappa shape index (κ2) is 68.2. The number of nitriles is 1. The number of hydrogen-bond donors (Lipinski definition) is 14. The van der Waals surface area contributed by atoms with Crippen LogP contribution in [0.3, 0.4) is 0 Å². The first-order chi connectivity index (χ1) is 70.0. The summed E-state index contributed by atoms with van der Waals surface area (Å²) in [6.07, 6.45) is 29.6. The van der Waals surface area contributed by atoms with Gasteiger partial charge in [0.15, 0.2) is 11.5 Å². The van der Waals surface area contributed by atoms with Crippen LogP contribution in [0.15, 0.2) is 140 Å². The van der Waals surface area contributed by atoms with E-state index >= 15 is 0 Å². The highest BCUT2D eigenvalue weighted by Gasteiger charge is 2.39. The van der Waals surface area contributed by atoms with Gasteiger partial charge in [0.2, 0.25) is 22.2 Å². The van der Waals surface area contributed by atoms with Gasteiger partial charge in [-0.05, 0) is 194 Å². The number of nitrogens with one attached hydrogen (secondary N) is 4. The number of aromatic nitrogens is 2. The van der Waals surface area contributed by atoms with Crippen LogP contribution in [0, 0.1) is 55.5 Å². The van der Waals surface area contributed by atoms with Crippen molar-refractivity contribution >= 4 is 103 Å². The van der Waals surface area contributed by atoms with Crippen molar-refractivity contribution in [2.45, 2.75) is 306 Å². The average Bonchev–Trinajstić information content (AvgIpc) is 1.77. The number of nitrogens with zero attached hydrogens (tertiary/aromatic N) is 6. The largest absolute Gasteiger partial charge is 0.493 e. The van der Waals surface area contributed by atoms with Crippen LogP contribution in [-0.4, -0.2) is 245 Å². The molecule has 4 unspecified atom stereocenters. The van der Waals surface area contributed by atoms with Gasteiger partial charge in [0.1, 0.15) is 0 Å². The molecule has 150 heavy (non-hydrogen) atoms. The maximum Gasteiger partial charge on any atom is 0.264 e. The number of H-pyrrole nitrogens is 2. The molecule has 46 heteroatoms. The summed E-state index contributed by atoms with van der Waals surface area (Å²) in [5.41, 5.74) is 4.54. The molecule has 2 heterocycles. The van der Waals surface area contributed by atoms with Gasteiger partial charge in [-0.2, -0.15) is 72.6 Å². The summed E-state index contributed by atoms with van der Waals surface area (Å²) in [5, 5.41) is 36.6. The fourth-order valence-corrected chi connectivity index (χ4v) is 21.6. The molecule has 840 valence electrons. The number of unbranched alkanes of at least 4 members (excludes halogenated alkanes) is 6. The molecule has 38 nitrogen and oxygen atoms in total. The number of rotatable bonds is 55. The number of aliphatic hydroxyl groups is 2. The fraction of sp³-hybridized carbons (Fsp3) is 0.615. The van der Waals surface area contributed by atoms with E-state index in [1.165, 1.54) is 38.5 Å². The first-order valence-corrected chi connectivity index (χ1v) is 62.9. The number of fused-ring (bicyclic) bond motifs is 2. The van der Waals surface area contributed by atoms with Crippen molar-refractivity contribution < 1.29 is 123 Å². The van der Waals surface area contributed by atoms with Crippen LogP contribution >= 0.6 is 0 Å². The molecule has 0 radical (unpaired) electrons. The Kier molecular flexibility index (Phi) is 62.2. The van der Waals surface area contributed by atoms with Gasteiger partial charge in [0.05, 0.1) is 97.8 Å². The van der Waals surface area contributed by atoms with Gasteiger partial charge in [-0.3, -0.25) is 36.4 Å². The second-order valence-electron chi connectivity index (χ2n) is 39.7. The van der Waals surface area contributed by atoms with Crippen LogP contribution in [0.5, 0.6) is 11.5 Å². The molecular weight excluding hydrogens is 2090 g/mol. The minimum Gasteiger partial charge on any atom is -0.493 e. The average molecular weight is 2250 g/mol. The van der Waals surface area contributed by atoms with E-state index in [9.17, 15) is 82.8 Å².